The molecule has 2 N–H and O–H groups in total. The molecule has 1 unspecified atom stereocenters. The lowest BCUT2D eigenvalue weighted by atomic mass is 10.2. The third-order valence-electron chi connectivity index (χ3n) is 3.31. The summed E-state index contributed by atoms with van der Waals surface area (Å²) in [6.45, 7) is 2.13. The van der Waals surface area contributed by atoms with Crippen molar-refractivity contribution in [3.05, 3.63) is 39.0 Å². The molecule has 0 saturated heterocycles. The Labute approximate surface area is 109 Å². The summed E-state index contributed by atoms with van der Waals surface area (Å²) >= 11 is 0. The highest BCUT2D eigenvalue weighted by atomic mass is 16.3. The van der Waals surface area contributed by atoms with E-state index in [0.717, 1.165) is 4.57 Å². The Morgan fingerprint density at radius 3 is 2.68 bits per heavy atom. The first kappa shape index (κ1) is 13.4. The highest BCUT2D eigenvalue weighted by Crippen LogP contribution is 2.18. The molecule has 6 heteroatoms. The molecule has 6 nitrogen and oxygen atoms in total. The Balaban J connectivity index is 2.83. The van der Waals surface area contributed by atoms with Crippen molar-refractivity contribution in [1.82, 2.24) is 14.5 Å². The second kappa shape index (κ2) is 4.89. The largest absolute Gasteiger partial charge is 0.507 e. The zero-order valence-electron chi connectivity index (χ0n) is 11.2. The quantitative estimate of drug-likeness (QED) is 0.818. The molecule has 0 aliphatic heterocycles. The number of benzene rings is 1. The Morgan fingerprint density at radius 2 is 2.05 bits per heavy atom. The van der Waals surface area contributed by atoms with Gasteiger partial charge >= 0.3 is 5.69 Å². The minimum Gasteiger partial charge on any atom is -0.507 e. The van der Waals surface area contributed by atoms with E-state index in [1.54, 1.807) is 26.2 Å². The molecule has 2 aromatic rings. The van der Waals surface area contributed by atoms with Crippen LogP contribution in [0.3, 0.4) is 0 Å². The van der Waals surface area contributed by atoms with E-state index in [2.05, 4.69) is 5.32 Å². The lowest BCUT2D eigenvalue weighted by Crippen LogP contribution is -2.43. The summed E-state index contributed by atoms with van der Waals surface area (Å²) in [5, 5.41) is 13.0. The van der Waals surface area contributed by atoms with Crippen LogP contribution in [0.15, 0.2) is 27.8 Å². The first-order chi connectivity index (χ1) is 8.97. The smallest absolute Gasteiger partial charge is 0.331 e. The molecule has 0 aliphatic rings. The molecule has 0 amide bonds. The normalized spacial score (nSPS) is 12.8. The molecule has 0 bridgehead atoms. The van der Waals surface area contributed by atoms with Gasteiger partial charge in [-0.25, -0.2) is 4.79 Å². The lowest BCUT2D eigenvalue weighted by Gasteiger charge is -2.14. The molecule has 2 rings (SSSR count). The monoisotopic (exact) mass is 263 g/mol. The van der Waals surface area contributed by atoms with Gasteiger partial charge in [-0.3, -0.25) is 13.9 Å². The average molecular weight is 263 g/mol. The van der Waals surface area contributed by atoms with Gasteiger partial charge in [0.25, 0.3) is 5.56 Å². The molecule has 1 heterocycles. The van der Waals surface area contributed by atoms with Crippen LogP contribution in [0, 0.1) is 0 Å². The Morgan fingerprint density at radius 1 is 1.37 bits per heavy atom. The van der Waals surface area contributed by atoms with Crippen molar-refractivity contribution in [3.63, 3.8) is 0 Å². The first-order valence-electron chi connectivity index (χ1n) is 6.06. The lowest BCUT2D eigenvalue weighted by molar-refractivity contribution is 0.470. The minimum absolute atomic E-state index is 0.0197. The second-order valence-electron chi connectivity index (χ2n) is 4.62. The SMILES string of the molecule is CNC(C)Cn1c(=O)c2c(O)cccc2n(C)c1=O. The Kier molecular flexibility index (Phi) is 3.44. The van der Waals surface area contributed by atoms with Crippen LogP contribution in [0.1, 0.15) is 6.92 Å². The molecule has 1 aromatic heterocycles. The highest BCUT2D eigenvalue weighted by molar-refractivity contribution is 5.84. The van der Waals surface area contributed by atoms with Crippen molar-refractivity contribution in [2.75, 3.05) is 7.05 Å². The summed E-state index contributed by atoms with van der Waals surface area (Å²) in [7, 11) is 3.35. The molecule has 102 valence electrons. The van der Waals surface area contributed by atoms with Crippen LogP contribution in [0.4, 0.5) is 0 Å². The fourth-order valence-corrected chi connectivity index (χ4v) is 2.06. The van der Waals surface area contributed by atoms with Crippen LogP contribution in [-0.2, 0) is 13.6 Å². The number of rotatable bonds is 3. The third-order valence-corrected chi connectivity index (χ3v) is 3.31. The van der Waals surface area contributed by atoms with E-state index in [1.807, 2.05) is 6.92 Å². The van der Waals surface area contributed by atoms with Crippen LogP contribution in [-0.4, -0.2) is 27.3 Å². The zero-order chi connectivity index (χ0) is 14.2. The standard InChI is InChI=1S/C13H17N3O3/c1-8(14-2)7-16-12(18)11-9(15(3)13(16)19)5-4-6-10(11)17/h4-6,8,14,17H,7H2,1-3H3. The van der Waals surface area contributed by atoms with E-state index in [9.17, 15) is 14.7 Å². The number of likely N-dealkylation sites (N-methyl/N-ethyl adjacent to an activating group) is 1. The van der Waals surface area contributed by atoms with Crippen molar-refractivity contribution in [3.8, 4) is 5.75 Å². The fraction of sp³-hybridized carbons (Fsp3) is 0.385. The third kappa shape index (κ3) is 2.15. The molecule has 0 radical (unpaired) electrons. The van der Waals surface area contributed by atoms with Crippen LogP contribution >= 0.6 is 0 Å². The van der Waals surface area contributed by atoms with Crippen LogP contribution in [0.25, 0.3) is 10.9 Å². The van der Waals surface area contributed by atoms with Gasteiger partial charge in [0, 0.05) is 19.6 Å². The molecule has 19 heavy (non-hydrogen) atoms. The van der Waals surface area contributed by atoms with E-state index >= 15 is 0 Å². The molecular formula is C13H17N3O3. The molecule has 0 aliphatic carbocycles. The maximum absolute atomic E-state index is 12.3. The number of aromatic hydroxyl groups is 1. The summed E-state index contributed by atoms with van der Waals surface area (Å²) < 4.78 is 2.52. The molecule has 0 spiro atoms. The van der Waals surface area contributed by atoms with Crippen molar-refractivity contribution in [1.29, 1.82) is 0 Å². The molecule has 0 fully saturated rings. The second-order valence-corrected chi connectivity index (χ2v) is 4.62. The van der Waals surface area contributed by atoms with Gasteiger partial charge in [0.1, 0.15) is 11.1 Å². The Hall–Kier alpha value is -2.08. The summed E-state index contributed by atoms with van der Waals surface area (Å²) in [6.07, 6.45) is 0. The maximum Gasteiger partial charge on any atom is 0.331 e. The van der Waals surface area contributed by atoms with Gasteiger partial charge in [-0.2, -0.15) is 0 Å². The average Bonchev–Trinajstić information content (AvgIpc) is 2.40. The maximum atomic E-state index is 12.3. The van der Waals surface area contributed by atoms with Crippen molar-refractivity contribution < 1.29 is 5.11 Å². The van der Waals surface area contributed by atoms with Gasteiger partial charge in [-0.05, 0) is 26.1 Å². The van der Waals surface area contributed by atoms with Gasteiger partial charge in [0.2, 0.25) is 0 Å². The number of nitrogens with zero attached hydrogens (tertiary/aromatic N) is 2. The summed E-state index contributed by atoms with van der Waals surface area (Å²) in [5.41, 5.74) is -0.410. The number of fused-ring (bicyclic) bond motifs is 1. The van der Waals surface area contributed by atoms with Crippen molar-refractivity contribution in [2.24, 2.45) is 7.05 Å². The molecule has 1 atom stereocenters. The number of aromatic nitrogens is 2. The zero-order valence-corrected chi connectivity index (χ0v) is 11.2. The number of hydrogen-bond acceptors (Lipinski definition) is 4. The van der Waals surface area contributed by atoms with Crippen LogP contribution < -0.4 is 16.6 Å². The number of phenols is 1. The number of hydrogen-bond donors (Lipinski definition) is 2. The molecule has 1 aromatic carbocycles. The fourth-order valence-electron chi connectivity index (χ4n) is 2.06. The first-order valence-corrected chi connectivity index (χ1v) is 6.06. The number of phenolic OH excluding ortho intramolecular Hbond substituents is 1. The number of aryl methyl sites for hydroxylation is 1. The van der Waals surface area contributed by atoms with Gasteiger partial charge in [0.15, 0.2) is 0 Å². The topological polar surface area (TPSA) is 76.3 Å². The van der Waals surface area contributed by atoms with Crippen LogP contribution in [0.2, 0.25) is 0 Å². The van der Waals surface area contributed by atoms with Gasteiger partial charge < -0.3 is 10.4 Å². The van der Waals surface area contributed by atoms with Gasteiger partial charge in [0.05, 0.1) is 5.52 Å². The Bertz CT molecular complexity index is 730. The number of nitrogens with one attached hydrogen (secondary N) is 1. The van der Waals surface area contributed by atoms with E-state index < -0.39 is 5.56 Å². The summed E-state index contributed by atoms with van der Waals surface area (Å²) in [6, 6.07) is 4.68. The predicted octanol–water partition coefficient (Wildman–Crippen LogP) is 0.0137. The van der Waals surface area contributed by atoms with E-state index in [-0.39, 0.29) is 29.4 Å². The summed E-state index contributed by atoms with van der Waals surface area (Å²) in [5.74, 6) is -0.107. The van der Waals surface area contributed by atoms with E-state index in [4.69, 9.17) is 0 Å². The van der Waals surface area contributed by atoms with Crippen LogP contribution in [0.5, 0.6) is 5.75 Å². The van der Waals surface area contributed by atoms with Crippen molar-refractivity contribution in [2.45, 2.75) is 19.5 Å². The van der Waals surface area contributed by atoms with E-state index in [1.165, 1.54) is 10.6 Å². The molecular weight excluding hydrogens is 246 g/mol. The highest BCUT2D eigenvalue weighted by Gasteiger charge is 2.14. The van der Waals surface area contributed by atoms with E-state index in [0.29, 0.717) is 5.52 Å². The van der Waals surface area contributed by atoms with Gasteiger partial charge in [-0.1, -0.05) is 6.07 Å². The van der Waals surface area contributed by atoms with Crippen molar-refractivity contribution >= 4 is 10.9 Å². The summed E-state index contributed by atoms with van der Waals surface area (Å²) in [4.78, 5) is 24.5. The minimum atomic E-state index is -0.460. The van der Waals surface area contributed by atoms with Gasteiger partial charge in [-0.15, -0.1) is 0 Å². The predicted molar refractivity (Wildman–Crippen MR) is 73.6 cm³/mol. The molecule has 0 saturated carbocycles.